The van der Waals surface area contributed by atoms with Gasteiger partial charge in [-0.15, -0.1) is 0 Å². The Morgan fingerprint density at radius 3 is 2.67 bits per heavy atom. The van der Waals surface area contributed by atoms with Crippen molar-refractivity contribution in [1.82, 2.24) is 5.32 Å². The highest BCUT2D eigenvalue weighted by Gasteiger charge is 2.12. The zero-order chi connectivity index (χ0) is 13.5. The molecule has 0 aliphatic carbocycles. The Balaban J connectivity index is 2.53. The fourth-order valence-electron chi connectivity index (χ4n) is 1.34. The lowest BCUT2D eigenvalue weighted by atomic mass is 10.2. The second-order valence-corrected chi connectivity index (χ2v) is 4.33. The Bertz CT molecular complexity index is 432. The van der Waals surface area contributed by atoms with Gasteiger partial charge < -0.3 is 10.6 Å². The molecule has 0 saturated heterocycles. The molecule has 6 heteroatoms. The number of nitrogens with one attached hydrogen (secondary N) is 2. The third-order valence-electron chi connectivity index (χ3n) is 2.25. The molecule has 98 valence electrons. The summed E-state index contributed by atoms with van der Waals surface area (Å²) in [7, 11) is 0. The van der Waals surface area contributed by atoms with Crippen LogP contribution in [0.25, 0.3) is 0 Å². The number of anilines is 1. The lowest BCUT2D eigenvalue weighted by Crippen LogP contribution is -2.32. The predicted molar refractivity (Wildman–Crippen MR) is 69.4 cm³/mol. The van der Waals surface area contributed by atoms with Crippen LogP contribution in [0, 0.1) is 16.0 Å². The number of hydrogen-bond donors (Lipinski definition) is 2. The van der Waals surface area contributed by atoms with Crippen LogP contribution in [0.3, 0.4) is 0 Å². The van der Waals surface area contributed by atoms with E-state index in [9.17, 15) is 14.9 Å². The highest BCUT2D eigenvalue weighted by atomic mass is 16.6. The average Bonchev–Trinajstić information content (AvgIpc) is 2.34. The van der Waals surface area contributed by atoms with Gasteiger partial charge in [-0.3, -0.25) is 14.9 Å². The van der Waals surface area contributed by atoms with E-state index in [0.29, 0.717) is 18.2 Å². The Morgan fingerprint density at radius 1 is 1.39 bits per heavy atom. The van der Waals surface area contributed by atoms with Crippen molar-refractivity contribution in [3.63, 3.8) is 0 Å². The molecular formula is C12H17N3O3. The molecular weight excluding hydrogens is 234 g/mol. The molecule has 0 saturated carbocycles. The largest absolute Gasteiger partial charge is 0.371 e. The van der Waals surface area contributed by atoms with Gasteiger partial charge in [0.25, 0.3) is 5.69 Å². The summed E-state index contributed by atoms with van der Waals surface area (Å²) < 4.78 is 0. The van der Waals surface area contributed by atoms with Crippen molar-refractivity contribution < 1.29 is 9.72 Å². The molecule has 0 aliphatic heterocycles. The van der Waals surface area contributed by atoms with Gasteiger partial charge in [0.1, 0.15) is 5.69 Å². The van der Waals surface area contributed by atoms with E-state index in [-0.39, 0.29) is 18.1 Å². The normalized spacial score (nSPS) is 10.2. The van der Waals surface area contributed by atoms with Crippen LogP contribution in [0.4, 0.5) is 11.4 Å². The van der Waals surface area contributed by atoms with Crippen LogP contribution < -0.4 is 10.6 Å². The summed E-state index contributed by atoms with van der Waals surface area (Å²) in [5.41, 5.74) is 0.316. The summed E-state index contributed by atoms with van der Waals surface area (Å²) in [6.45, 7) is 4.61. The molecule has 18 heavy (non-hydrogen) atoms. The van der Waals surface area contributed by atoms with Crippen molar-refractivity contribution in [3.8, 4) is 0 Å². The fourth-order valence-corrected chi connectivity index (χ4v) is 1.34. The maximum absolute atomic E-state index is 11.5. The maximum Gasteiger partial charge on any atom is 0.292 e. The average molecular weight is 251 g/mol. The van der Waals surface area contributed by atoms with Gasteiger partial charge in [-0.25, -0.2) is 0 Å². The first-order valence-corrected chi connectivity index (χ1v) is 5.74. The van der Waals surface area contributed by atoms with Crippen LogP contribution in [-0.2, 0) is 4.79 Å². The minimum Gasteiger partial charge on any atom is -0.371 e. The number of nitro groups is 1. The van der Waals surface area contributed by atoms with Crippen molar-refractivity contribution in [3.05, 3.63) is 34.4 Å². The van der Waals surface area contributed by atoms with Crippen molar-refractivity contribution >= 4 is 17.3 Å². The first-order chi connectivity index (χ1) is 8.50. The van der Waals surface area contributed by atoms with Crippen molar-refractivity contribution in [2.24, 2.45) is 5.92 Å². The summed E-state index contributed by atoms with van der Waals surface area (Å²) in [6, 6.07) is 6.24. The highest BCUT2D eigenvalue weighted by molar-refractivity contribution is 5.81. The van der Waals surface area contributed by atoms with Gasteiger partial charge >= 0.3 is 0 Å². The molecule has 6 nitrogen and oxygen atoms in total. The molecule has 0 fully saturated rings. The van der Waals surface area contributed by atoms with Gasteiger partial charge in [0, 0.05) is 12.6 Å². The van der Waals surface area contributed by atoms with E-state index in [2.05, 4.69) is 10.6 Å². The van der Waals surface area contributed by atoms with Gasteiger partial charge in [-0.2, -0.15) is 0 Å². The van der Waals surface area contributed by atoms with Crippen LogP contribution in [0.15, 0.2) is 24.3 Å². The Labute approximate surface area is 106 Å². The number of nitro benzene ring substituents is 1. The van der Waals surface area contributed by atoms with Gasteiger partial charge in [0.15, 0.2) is 0 Å². The lowest BCUT2D eigenvalue weighted by Gasteiger charge is -2.09. The van der Waals surface area contributed by atoms with Crippen LogP contribution in [0.5, 0.6) is 0 Å². The van der Waals surface area contributed by atoms with Crippen LogP contribution >= 0.6 is 0 Å². The zero-order valence-electron chi connectivity index (χ0n) is 10.5. The van der Waals surface area contributed by atoms with Crippen molar-refractivity contribution in [1.29, 1.82) is 0 Å². The first-order valence-electron chi connectivity index (χ1n) is 5.74. The van der Waals surface area contributed by atoms with Gasteiger partial charge in [0.05, 0.1) is 11.5 Å². The van der Waals surface area contributed by atoms with Crippen molar-refractivity contribution in [2.45, 2.75) is 13.8 Å². The van der Waals surface area contributed by atoms with Gasteiger partial charge in [-0.05, 0) is 12.0 Å². The van der Waals surface area contributed by atoms with Crippen LogP contribution in [0.2, 0.25) is 0 Å². The third-order valence-corrected chi connectivity index (χ3v) is 2.25. The Hall–Kier alpha value is -2.11. The van der Waals surface area contributed by atoms with E-state index in [4.69, 9.17) is 0 Å². The first kappa shape index (κ1) is 14.0. The number of rotatable bonds is 6. The topological polar surface area (TPSA) is 84.3 Å². The second kappa shape index (κ2) is 6.58. The number of para-hydroxylation sites is 2. The van der Waals surface area contributed by atoms with Gasteiger partial charge in [-0.1, -0.05) is 26.0 Å². The van der Waals surface area contributed by atoms with E-state index >= 15 is 0 Å². The summed E-state index contributed by atoms with van der Waals surface area (Å²) in [6.07, 6.45) is 0. The monoisotopic (exact) mass is 251 g/mol. The third kappa shape index (κ3) is 4.40. The number of nitrogens with zero attached hydrogens (tertiary/aromatic N) is 1. The molecule has 0 bridgehead atoms. The molecule has 0 heterocycles. The Kier molecular flexibility index (Phi) is 5.10. The molecule has 0 aromatic heterocycles. The van der Waals surface area contributed by atoms with E-state index in [1.807, 2.05) is 13.8 Å². The molecule has 1 aromatic carbocycles. The number of hydrogen-bond acceptors (Lipinski definition) is 4. The van der Waals surface area contributed by atoms with Crippen molar-refractivity contribution in [2.75, 3.05) is 18.4 Å². The molecule has 0 atom stereocenters. The van der Waals surface area contributed by atoms with E-state index < -0.39 is 4.92 Å². The highest BCUT2D eigenvalue weighted by Crippen LogP contribution is 2.22. The molecule has 0 spiro atoms. The summed E-state index contributed by atoms with van der Waals surface area (Å²) in [5.74, 6) is 0.196. The quantitative estimate of drug-likeness (QED) is 0.596. The lowest BCUT2D eigenvalue weighted by molar-refractivity contribution is -0.383. The molecule has 0 aliphatic rings. The maximum atomic E-state index is 11.5. The van der Waals surface area contributed by atoms with Gasteiger partial charge in [0.2, 0.25) is 5.91 Å². The zero-order valence-corrected chi connectivity index (χ0v) is 10.5. The molecule has 1 aromatic rings. The number of carbonyl (C=O) groups is 1. The minimum atomic E-state index is -0.478. The van der Waals surface area contributed by atoms with Crippen LogP contribution in [-0.4, -0.2) is 23.9 Å². The SMILES string of the molecule is CC(C)CNC(=O)CNc1ccccc1[N+](=O)[O-]. The van der Waals surface area contributed by atoms with E-state index in [1.165, 1.54) is 6.07 Å². The Morgan fingerprint density at radius 2 is 2.06 bits per heavy atom. The predicted octanol–water partition coefficient (Wildman–Crippen LogP) is 1.78. The van der Waals surface area contributed by atoms with E-state index in [0.717, 1.165) is 0 Å². The number of carbonyl (C=O) groups excluding carboxylic acids is 1. The molecule has 0 radical (unpaired) electrons. The summed E-state index contributed by atoms with van der Waals surface area (Å²) >= 11 is 0. The van der Waals surface area contributed by atoms with Crippen LogP contribution in [0.1, 0.15) is 13.8 Å². The number of amides is 1. The molecule has 0 unspecified atom stereocenters. The minimum absolute atomic E-state index is 0.0254. The second-order valence-electron chi connectivity index (χ2n) is 4.33. The smallest absolute Gasteiger partial charge is 0.292 e. The summed E-state index contributed by atoms with van der Waals surface area (Å²) in [4.78, 5) is 21.7. The standard InChI is InChI=1S/C12H17N3O3/c1-9(2)7-14-12(16)8-13-10-5-3-4-6-11(10)15(17)18/h3-6,9,13H,7-8H2,1-2H3,(H,14,16). The number of benzene rings is 1. The summed E-state index contributed by atoms with van der Waals surface area (Å²) in [5, 5.41) is 16.2. The molecule has 1 rings (SSSR count). The molecule has 1 amide bonds. The fraction of sp³-hybridized carbons (Fsp3) is 0.417. The molecule has 2 N–H and O–H groups in total. The van der Waals surface area contributed by atoms with E-state index in [1.54, 1.807) is 18.2 Å².